The predicted octanol–water partition coefficient (Wildman–Crippen LogP) is 30.9. The van der Waals surface area contributed by atoms with Crippen molar-refractivity contribution in [1.29, 1.82) is 0 Å². The first-order valence-corrected chi connectivity index (χ1v) is 52.1. The zero-order chi connectivity index (χ0) is 96.7. The number of fused-ring (bicyclic) bond motifs is 21. The van der Waals surface area contributed by atoms with E-state index in [0.717, 1.165) is 169 Å². The second-order valence-corrected chi connectivity index (χ2v) is 42.1. The maximum atomic E-state index is 14.4. The van der Waals surface area contributed by atoms with E-state index in [-0.39, 0.29) is 19.6 Å². The molecule has 144 heavy (non-hydrogen) atoms. The lowest BCUT2D eigenvalue weighted by atomic mass is 9.80. The Bertz CT molecular complexity index is 9650. The molecular weight excluding hydrogens is 1940 g/mol. The summed E-state index contributed by atoms with van der Waals surface area (Å²) >= 11 is 7.19. The summed E-state index contributed by atoms with van der Waals surface area (Å²) in [6.45, 7) is 0. The summed E-state index contributed by atoms with van der Waals surface area (Å²) in [6, 6.07) is 164. The predicted molar refractivity (Wildman–Crippen MR) is 600 cm³/mol. The summed E-state index contributed by atoms with van der Waals surface area (Å²) in [7, 11) is -9.01. The van der Waals surface area contributed by atoms with Crippen LogP contribution >= 0.6 is 31.9 Å². The van der Waals surface area contributed by atoms with Crippen LogP contribution in [0, 0.1) is 0 Å². The molecule has 28 aromatic rings. The van der Waals surface area contributed by atoms with Crippen LogP contribution in [0.4, 0.5) is 0 Å². The van der Waals surface area contributed by atoms with Crippen molar-refractivity contribution in [1.82, 2.24) is 32.0 Å². The summed E-state index contributed by atoms with van der Waals surface area (Å²) in [5.41, 5.74) is 27.3. The van der Waals surface area contributed by atoms with Crippen LogP contribution in [-0.2, 0) is 19.7 Å². The van der Waals surface area contributed by atoms with Crippen molar-refractivity contribution in [3.63, 3.8) is 0 Å². The van der Waals surface area contributed by atoms with Crippen molar-refractivity contribution in [3.8, 4) is 62.1 Å². The molecule has 0 amide bonds. The van der Waals surface area contributed by atoms with Gasteiger partial charge < -0.3 is 42.0 Å². The van der Waals surface area contributed by atoms with Crippen molar-refractivity contribution in [2.24, 2.45) is 0 Å². The van der Waals surface area contributed by atoms with E-state index in [1.165, 1.54) is 54.4 Å². The average Bonchev–Trinajstić information content (AvgIpc) is 1.57. The van der Waals surface area contributed by atoms with Gasteiger partial charge >= 0.3 is 7.12 Å². The first kappa shape index (κ1) is 87.3. The van der Waals surface area contributed by atoms with E-state index >= 15 is 0 Å². The molecule has 7 heterocycles. The molecule has 0 saturated carbocycles. The number of halogens is 2. The fraction of sp³-hybridized carbons (Fsp3) is 0. The highest BCUT2D eigenvalue weighted by atomic mass is 79.9. The van der Waals surface area contributed by atoms with Crippen molar-refractivity contribution in [3.05, 3.63) is 494 Å². The number of benzene rings is 21. The standard InChI is InChI=1S/C72H46N4O2S.C36H22Br2N2O2S.C18H14BNO2/c77-79(78,55-39-35-53(36-40-55)75-69-23-11-5-17-61(69)63-45-49(29-43-71(63)75)47-25-31-51(32-26-47)73-65-19-7-1-13-57(65)58-14-2-8-20-66(58)73)56-41-37-54(38-42-56)76-70-24-12-6-18-62(70)64-46-50(30-44-72(64)76)48-27-33-52(34-28-48)74-67-21-9-3-15-59(67)60-16-4-10-22-68(60)74;37-23-9-19-35-31(21-23)29-5-1-3-7-33(29)39(35)25-11-15-27(16-12-25)43(41,42)28-17-13-26(14-18-28)40-34-8-4-2-6-30(34)32-22-24(38)10-20-36(32)40;21-19(22)13-9-11-14(12-10-13)20-17-7-3-1-5-15(17)16-6-2-4-8-18(16)20/h1-46H;1-22H;1-12,21-22H. The summed E-state index contributed by atoms with van der Waals surface area (Å²) < 4.78 is 74.0. The van der Waals surface area contributed by atoms with Gasteiger partial charge in [-0.2, -0.15) is 0 Å². The molecule has 0 saturated heterocycles. The molecule has 0 aliphatic carbocycles. The number of hydrogen-bond donors (Lipinski definition) is 2. The smallest absolute Gasteiger partial charge is 0.423 e. The van der Waals surface area contributed by atoms with Gasteiger partial charge in [0.15, 0.2) is 0 Å². The van der Waals surface area contributed by atoms with E-state index < -0.39 is 26.8 Å². The number of aromatic nitrogens is 7. The largest absolute Gasteiger partial charge is 0.488 e. The number of hydrogen-bond acceptors (Lipinski definition) is 6. The molecule has 0 aliphatic rings. The Balaban J connectivity index is 0.000000134. The van der Waals surface area contributed by atoms with Crippen LogP contribution in [0.15, 0.2) is 514 Å². The molecule has 0 fully saturated rings. The normalized spacial score (nSPS) is 12.0. The number of rotatable bonds is 14. The van der Waals surface area contributed by atoms with Gasteiger partial charge in [0.05, 0.1) is 96.8 Å². The molecule has 0 radical (unpaired) electrons. The average molecular weight is 2020 g/mol. The van der Waals surface area contributed by atoms with Gasteiger partial charge in [0.1, 0.15) is 0 Å². The van der Waals surface area contributed by atoms with Gasteiger partial charge in [-0.15, -0.1) is 0 Å². The minimum absolute atomic E-state index is 0.240. The lowest BCUT2D eigenvalue weighted by Crippen LogP contribution is -2.29. The fourth-order valence-corrected chi connectivity index (χ4v) is 24.9. The molecule has 0 aliphatic heterocycles. The Morgan fingerprint density at radius 3 is 0.535 bits per heavy atom. The molecule has 13 nitrogen and oxygen atoms in total. The van der Waals surface area contributed by atoms with Gasteiger partial charge in [-0.05, 0) is 283 Å². The third-order valence-electron chi connectivity index (χ3n) is 28.3. The van der Waals surface area contributed by atoms with Crippen molar-refractivity contribution < 1.29 is 26.9 Å². The second-order valence-electron chi connectivity index (χ2n) is 36.3. The van der Waals surface area contributed by atoms with Crippen LogP contribution < -0.4 is 5.46 Å². The Morgan fingerprint density at radius 1 is 0.167 bits per heavy atom. The Kier molecular flexibility index (Phi) is 21.3. The molecular formula is C126H82BBr2N7O6S2. The molecule has 0 unspecified atom stereocenters. The third-order valence-corrected chi connectivity index (χ3v) is 32.9. The quantitative estimate of drug-likeness (QED) is 0.104. The lowest BCUT2D eigenvalue weighted by molar-refractivity contribution is 0.425. The van der Waals surface area contributed by atoms with Gasteiger partial charge in [-0.25, -0.2) is 16.8 Å². The Morgan fingerprint density at radius 2 is 0.326 bits per heavy atom. The van der Waals surface area contributed by atoms with E-state index in [1.807, 2.05) is 121 Å². The zero-order valence-corrected chi connectivity index (χ0v) is 81.8. The highest BCUT2D eigenvalue weighted by Crippen LogP contribution is 2.44. The van der Waals surface area contributed by atoms with E-state index in [4.69, 9.17) is 0 Å². The summed E-state index contributed by atoms with van der Waals surface area (Å²) in [5.74, 6) is 0. The minimum Gasteiger partial charge on any atom is -0.423 e. The molecule has 0 bridgehead atoms. The topological polar surface area (TPSA) is 143 Å². The van der Waals surface area contributed by atoms with Crippen LogP contribution in [0.1, 0.15) is 0 Å². The van der Waals surface area contributed by atoms with E-state index in [9.17, 15) is 26.9 Å². The highest BCUT2D eigenvalue weighted by molar-refractivity contribution is 9.10. The van der Waals surface area contributed by atoms with Crippen LogP contribution in [0.3, 0.4) is 0 Å². The molecule has 28 rings (SSSR count). The molecule has 686 valence electrons. The Hall–Kier alpha value is -16.9. The SMILES string of the molecule is O=S(=O)(c1ccc(-n2c3ccccc3c3cc(-c4ccc(-n5c6ccccc6c6ccccc65)cc4)ccc32)cc1)c1ccc(-n2c3ccccc3c3cc(-c4ccc(-n5c6ccccc6c6ccccc65)cc4)ccc32)cc1.O=S(=O)(c1ccc(-n2c3ccccc3c3cc(Br)ccc32)cc1)c1ccc(-n2c3ccccc3c3cc(Br)ccc32)cc1.OB(O)c1ccc(-n2c3ccccc3c3ccccc32)cc1. The van der Waals surface area contributed by atoms with Crippen LogP contribution in [0.25, 0.3) is 215 Å². The number of para-hydroxylation sites is 10. The van der Waals surface area contributed by atoms with E-state index in [1.54, 1.807) is 60.7 Å². The van der Waals surface area contributed by atoms with Crippen LogP contribution in [0.2, 0.25) is 0 Å². The third kappa shape index (κ3) is 14.6. The van der Waals surface area contributed by atoms with Crippen LogP contribution in [0.5, 0.6) is 0 Å². The van der Waals surface area contributed by atoms with Crippen molar-refractivity contribution in [2.45, 2.75) is 19.6 Å². The van der Waals surface area contributed by atoms with Gasteiger partial charge in [0.2, 0.25) is 19.7 Å². The molecule has 0 spiro atoms. The fourth-order valence-electron chi connectivity index (χ4n) is 21.7. The monoisotopic (exact) mass is 2020 g/mol. The van der Waals surface area contributed by atoms with Gasteiger partial charge in [-0.1, -0.05) is 262 Å². The van der Waals surface area contributed by atoms with Gasteiger partial charge in [0.25, 0.3) is 0 Å². The van der Waals surface area contributed by atoms with Gasteiger partial charge in [0, 0.05) is 124 Å². The second kappa shape index (κ2) is 35.1. The summed E-state index contributed by atoms with van der Waals surface area (Å²) in [4.78, 5) is 0.997. The maximum absolute atomic E-state index is 14.4. The van der Waals surface area contributed by atoms with Crippen molar-refractivity contribution in [2.75, 3.05) is 0 Å². The lowest BCUT2D eigenvalue weighted by Gasteiger charge is -2.12. The maximum Gasteiger partial charge on any atom is 0.488 e. The zero-order valence-electron chi connectivity index (χ0n) is 77.0. The summed E-state index contributed by atoms with van der Waals surface area (Å²) in [5, 5.41) is 34.9. The first-order chi connectivity index (χ1) is 70.6. The van der Waals surface area contributed by atoms with E-state index in [0.29, 0.717) is 5.46 Å². The number of nitrogens with zero attached hydrogens (tertiary/aromatic N) is 7. The molecule has 21 aromatic carbocycles. The minimum atomic E-state index is -3.85. The molecule has 0 atom stereocenters. The summed E-state index contributed by atoms with van der Waals surface area (Å²) in [6.07, 6.45) is 0. The Labute approximate surface area is 844 Å². The molecule has 7 aromatic heterocycles. The highest BCUT2D eigenvalue weighted by Gasteiger charge is 2.26. The van der Waals surface area contributed by atoms with Crippen LogP contribution in [-0.4, -0.2) is 66.0 Å². The first-order valence-electron chi connectivity index (χ1n) is 47.6. The van der Waals surface area contributed by atoms with Gasteiger partial charge in [-0.3, -0.25) is 0 Å². The molecule has 2 N–H and O–H groups in total. The number of sulfone groups is 2. The molecule has 18 heteroatoms. The van der Waals surface area contributed by atoms with E-state index in [2.05, 4.69) is 367 Å². The van der Waals surface area contributed by atoms with Crippen molar-refractivity contribution >= 4 is 217 Å².